The standard InChI is InChI=1S/C72H83BN2/c1-65(2,3)48-37-62-64-63(38-48)75(59-31-28-47(36-50(59)45-24-20-18-21-25-45)72(16,17)46-26-22-19-23-27-46)61-43-56-54(67(6,7)33-35-69(56,10)11)41-58(61)73(64)57-40-53-55(68(8,9)34-32-66(53,4)5)42-60(57)74(62)49-29-30-51-52(39-49)71(14,15)44-70(51,12)13/h18-31,36-43H,32-35,44H2,1-17H3. The molecule has 2 heterocycles. The van der Waals surface area contributed by atoms with Crippen LogP contribution in [-0.2, 0) is 43.3 Å². The highest BCUT2D eigenvalue weighted by molar-refractivity contribution is 7.00. The molecule has 5 aliphatic rings. The minimum Gasteiger partial charge on any atom is -0.311 e. The van der Waals surface area contributed by atoms with Crippen molar-refractivity contribution in [1.29, 1.82) is 0 Å². The van der Waals surface area contributed by atoms with Gasteiger partial charge in [0.25, 0.3) is 6.71 Å². The molecule has 0 saturated carbocycles. The number of fused-ring (bicyclic) bond motifs is 7. The van der Waals surface area contributed by atoms with E-state index in [0.717, 1.165) is 12.8 Å². The van der Waals surface area contributed by atoms with Crippen LogP contribution >= 0.6 is 0 Å². The predicted molar refractivity (Wildman–Crippen MR) is 324 cm³/mol. The fourth-order valence-electron chi connectivity index (χ4n) is 15.2. The van der Waals surface area contributed by atoms with E-state index < -0.39 is 0 Å². The van der Waals surface area contributed by atoms with Crippen LogP contribution in [0.2, 0.25) is 0 Å². The van der Waals surface area contributed by atoms with Gasteiger partial charge in [0, 0.05) is 39.4 Å². The van der Waals surface area contributed by atoms with Gasteiger partial charge >= 0.3 is 0 Å². The number of nitrogens with zero attached hydrogens (tertiary/aromatic N) is 2. The van der Waals surface area contributed by atoms with E-state index in [0.29, 0.717) is 0 Å². The fraction of sp³-hybridized carbons (Fsp3) is 0.417. The molecule has 0 bridgehead atoms. The Kier molecular flexibility index (Phi) is 10.8. The normalized spacial score (nSPS) is 19.8. The zero-order chi connectivity index (χ0) is 53.4. The summed E-state index contributed by atoms with van der Waals surface area (Å²) >= 11 is 0. The molecule has 0 unspecified atom stereocenters. The third-order valence-electron chi connectivity index (χ3n) is 20.0. The van der Waals surface area contributed by atoms with E-state index in [1.165, 1.54) is 131 Å². The Labute approximate surface area is 452 Å². The van der Waals surface area contributed by atoms with Gasteiger partial charge in [-0.25, -0.2) is 0 Å². The van der Waals surface area contributed by atoms with Crippen molar-refractivity contribution in [1.82, 2.24) is 0 Å². The van der Waals surface area contributed by atoms with E-state index in [9.17, 15) is 0 Å². The van der Waals surface area contributed by atoms with E-state index in [4.69, 9.17) is 0 Å². The first-order valence-corrected chi connectivity index (χ1v) is 28.6. The largest absolute Gasteiger partial charge is 0.311 e. The Bertz CT molecular complexity index is 3480. The zero-order valence-corrected chi connectivity index (χ0v) is 48.7. The number of hydrogen-bond donors (Lipinski definition) is 0. The van der Waals surface area contributed by atoms with E-state index in [-0.39, 0.29) is 50.0 Å². The molecule has 2 aliphatic heterocycles. The first-order chi connectivity index (χ1) is 35.0. The smallest absolute Gasteiger partial charge is 0.252 e. The Morgan fingerprint density at radius 3 is 1.37 bits per heavy atom. The lowest BCUT2D eigenvalue weighted by Crippen LogP contribution is -2.62. The van der Waals surface area contributed by atoms with Gasteiger partial charge in [0.1, 0.15) is 0 Å². The summed E-state index contributed by atoms with van der Waals surface area (Å²) in [5, 5.41) is 0. The lowest BCUT2D eigenvalue weighted by Gasteiger charge is -2.49. The molecular formula is C72H83BN2. The van der Waals surface area contributed by atoms with Gasteiger partial charge in [-0.1, -0.05) is 203 Å². The second-order valence-corrected chi connectivity index (χ2v) is 29.5. The first kappa shape index (κ1) is 50.0. The van der Waals surface area contributed by atoms with Gasteiger partial charge in [-0.05, 0) is 191 Å². The summed E-state index contributed by atoms with van der Waals surface area (Å²) in [6, 6.07) is 53.4. The highest BCUT2D eigenvalue weighted by Gasteiger charge is 2.50. The van der Waals surface area contributed by atoms with Crippen LogP contribution < -0.4 is 26.2 Å². The van der Waals surface area contributed by atoms with Crippen LogP contribution in [0.1, 0.15) is 200 Å². The van der Waals surface area contributed by atoms with Gasteiger partial charge in [0.05, 0.1) is 5.69 Å². The molecule has 2 nitrogen and oxygen atoms in total. The monoisotopic (exact) mass is 987 g/mol. The van der Waals surface area contributed by atoms with Crippen molar-refractivity contribution in [2.45, 2.75) is 193 Å². The van der Waals surface area contributed by atoms with Gasteiger partial charge in [0.2, 0.25) is 0 Å². The summed E-state index contributed by atoms with van der Waals surface area (Å²) in [6.07, 6.45) is 5.81. The van der Waals surface area contributed by atoms with Gasteiger partial charge in [-0.2, -0.15) is 0 Å². The molecule has 0 aromatic heterocycles. The van der Waals surface area contributed by atoms with Crippen LogP contribution in [0.25, 0.3) is 11.1 Å². The molecular weight excluding hydrogens is 904 g/mol. The summed E-state index contributed by atoms with van der Waals surface area (Å²) < 4.78 is 0. The summed E-state index contributed by atoms with van der Waals surface area (Å²) in [4.78, 5) is 5.50. The number of anilines is 6. The Morgan fingerprint density at radius 1 is 0.373 bits per heavy atom. The number of hydrogen-bond acceptors (Lipinski definition) is 2. The van der Waals surface area contributed by atoms with Gasteiger partial charge in [-0.3, -0.25) is 0 Å². The minimum atomic E-state index is -0.223. The third-order valence-corrected chi connectivity index (χ3v) is 20.0. The van der Waals surface area contributed by atoms with Gasteiger partial charge in [0.15, 0.2) is 0 Å². The Balaban J connectivity index is 1.24. The van der Waals surface area contributed by atoms with Crippen molar-refractivity contribution in [2.24, 2.45) is 0 Å². The third kappa shape index (κ3) is 7.61. The topological polar surface area (TPSA) is 6.48 Å². The molecule has 0 radical (unpaired) electrons. The van der Waals surface area contributed by atoms with Crippen molar-refractivity contribution >= 4 is 57.2 Å². The van der Waals surface area contributed by atoms with Crippen LogP contribution in [-0.4, -0.2) is 6.71 Å². The van der Waals surface area contributed by atoms with Gasteiger partial charge in [-0.15, -0.1) is 0 Å². The van der Waals surface area contributed by atoms with E-state index in [1.807, 2.05) is 0 Å². The maximum atomic E-state index is 2.75. The van der Waals surface area contributed by atoms with Crippen molar-refractivity contribution in [3.05, 3.63) is 184 Å². The van der Waals surface area contributed by atoms with Crippen LogP contribution in [0.4, 0.5) is 34.1 Å². The Hall–Kier alpha value is -5.80. The molecule has 0 N–H and O–H groups in total. The van der Waals surface area contributed by atoms with Gasteiger partial charge < -0.3 is 9.80 Å². The molecule has 0 atom stereocenters. The van der Waals surface area contributed by atoms with Crippen molar-refractivity contribution in [3.8, 4) is 11.1 Å². The van der Waals surface area contributed by atoms with Crippen LogP contribution in [0.3, 0.4) is 0 Å². The molecule has 0 amide bonds. The molecule has 75 heavy (non-hydrogen) atoms. The lowest BCUT2D eigenvalue weighted by atomic mass is 9.32. The van der Waals surface area contributed by atoms with Crippen LogP contribution in [0.15, 0.2) is 133 Å². The summed E-state index contributed by atoms with van der Waals surface area (Å²) in [6.45, 7) is 42.0. The highest BCUT2D eigenvalue weighted by atomic mass is 15.2. The number of rotatable bonds is 5. The minimum absolute atomic E-state index is 0.0139. The van der Waals surface area contributed by atoms with Crippen molar-refractivity contribution < 1.29 is 0 Å². The Morgan fingerprint density at radius 2 is 0.840 bits per heavy atom. The van der Waals surface area contributed by atoms with E-state index in [1.54, 1.807) is 0 Å². The maximum Gasteiger partial charge on any atom is 0.252 e. The molecule has 0 spiro atoms. The first-order valence-electron chi connectivity index (χ1n) is 28.6. The molecule has 7 aromatic carbocycles. The predicted octanol–water partition coefficient (Wildman–Crippen LogP) is 17.7. The van der Waals surface area contributed by atoms with Crippen LogP contribution in [0, 0.1) is 0 Å². The molecule has 3 aliphatic carbocycles. The summed E-state index contributed by atoms with van der Waals surface area (Å²) in [7, 11) is 0. The van der Waals surface area contributed by atoms with Crippen LogP contribution in [0.5, 0.6) is 0 Å². The lowest BCUT2D eigenvalue weighted by molar-refractivity contribution is 0.332. The molecule has 12 rings (SSSR count). The maximum absolute atomic E-state index is 2.75. The fourth-order valence-corrected chi connectivity index (χ4v) is 15.2. The second-order valence-electron chi connectivity index (χ2n) is 29.5. The zero-order valence-electron chi connectivity index (χ0n) is 48.7. The van der Waals surface area contributed by atoms with E-state index in [2.05, 4.69) is 261 Å². The SMILES string of the molecule is CC(C)(C)c1cc2c3c(c1)N(c1ccc(C(C)(C)c4ccccc4)cc1-c1ccccc1)c1cc4c(cc1B3c1cc3c(cc1N2c1ccc2c(c1)C(C)(C)CC2(C)C)C(C)(C)CCC3(C)C)C(C)(C)CCC4(C)C. The van der Waals surface area contributed by atoms with Crippen molar-refractivity contribution in [3.63, 3.8) is 0 Å². The highest BCUT2D eigenvalue weighted by Crippen LogP contribution is 2.56. The van der Waals surface area contributed by atoms with Crippen molar-refractivity contribution in [2.75, 3.05) is 9.80 Å². The average molecular weight is 987 g/mol. The average Bonchev–Trinajstić information content (AvgIpc) is 3.56. The molecule has 3 heteroatoms. The summed E-state index contributed by atoms with van der Waals surface area (Å²) in [5.41, 5.74) is 27.5. The summed E-state index contributed by atoms with van der Waals surface area (Å²) in [5.74, 6) is 0. The molecule has 7 aromatic rings. The quantitative estimate of drug-likeness (QED) is 0.159. The molecule has 384 valence electrons. The molecule has 0 saturated heterocycles. The number of benzene rings is 7. The van der Waals surface area contributed by atoms with E-state index >= 15 is 0 Å². The molecule has 0 fully saturated rings. The second kappa shape index (κ2) is 16.1.